The van der Waals surface area contributed by atoms with Crippen LogP contribution in [0.15, 0.2) is 17.5 Å². The van der Waals surface area contributed by atoms with Gasteiger partial charge in [-0.2, -0.15) is 0 Å². The Morgan fingerprint density at radius 3 is 2.75 bits per heavy atom. The molecule has 2 aliphatic rings. The van der Waals surface area contributed by atoms with E-state index < -0.39 is 35.5 Å². The molecule has 2 N–H and O–H groups in total. The molecule has 36 heavy (non-hydrogen) atoms. The monoisotopic (exact) mass is 523 g/mol. The molecule has 0 saturated carbocycles. The number of nitrogens with zero attached hydrogens (tertiary/aromatic N) is 1. The maximum Gasteiger partial charge on any atom is 0.306 e. The van der Waals surface area contributed by atoms with Crippen molar-refractivity contribution in [2.45, 2.75) is 103 Å². The van der Waals surface area contributed by atoms with Crippen LogP contribution in [0.3, 0.4) is 0 Å². The Kier molecular flexibility index (Phi) is 9.85. The van der Waals surface area contributed by atoms with E-state index in [-0.39, 0.29) is 18.1 Å². The fourth-order valence-corrected chi connectivity index (χ4v) is 5.79. The number of rotatable bonds is 5. The highest BCUT2D eigenvalue weighted by atomic mass is 32.1. The van der Waals surface area contributed by atoms with E-state index in [1.165, 1.54) is 11.3 Å². The lowest BCUT2D eigenvalue weighted by Crippen LogP contribution is -2.43. The molecule has 0 spiro atoms. The number of aliphatic hydroxyl groups is 2. The molecule has 1 aromatic rings. The van der Waals surface area contributed by atoms with Gasteiger partial charge in [0.05, 0.1) is 12.3 Å². The topological polar surface area (TPSA) is 118 Å². The van der Waals surface area contributed by atoms with Crippen molar-refractivity contribution >= 4 is 23.1 Å². The number of fused-ring (bicyclic) bond motifs is 1. The average Bonchev–Trinajstić information content (AvgIpc) is 3.27. The van der Waals surface area contributed by atoms with Crippen molar-refractivity contribution < 1.29 is 34.0 Å². The minimum atomic E-state index is -1.75. The number of aliphatic hydroxyl groups excluding tert-OH is 1. The van der Waals surface area contributed by atoms with E-state index in [1.807, 2.05) is 26.2 Å². The molecule has 1 aromatic heterocycles. The zero-order chi connectivity index (χ0) is 26.5. The number of carbonyl (C=O) groups is 2. The van der Waals surface area contributed by atoms with Gasteiger partial charge in [0.1, 0.15) is 16.9 Å². The Morgan fingerprint density at radius 2 is 2.03 bits per heavy atom. The van der Waals surface area contributed by atoms with Crippen LogP contribution in [0, 0.1) is 17.3 Å². The number of hydrogen-bond acceptors (Lipinski definition) is 9. The van der Waals surface area contributed by atoms with Crippen LogP contribution < -0.4 is 0 Å². The number of cyclic esters (lactones) is 1. The van der Waals surface area contributed by atoms with Crippen LogP contribution >= 0.6 is 11.3 Å². The number of ether oxygens (including phenoxy) is 3. The van der Waals surface area contributed by atoms with Crippen molar-refractivity contribution in [2.75, 3.05) is 7.11 Å². The summed E-state index contributed by atoms with van der Waals surface area (Å²) in [6, 6.07) is 0. The van der Waals surface area contributed by atoms with E-state index in [0.717, 1.165) is 30.0 Å². The Morgan fingerprint density at radius 1 is 1.28 bits per heavy atom. The maximum atomic E-state index is 13.1. The summed E-state index contributed by atoms with van der Waals surface area (Å²) in [7, 11) is 1.61. The Balaban J connectivity index is 1.74. The highest BCUT2D eigenvalue weighted by Gasteiger charge is 2.62. The molecule has 0 amide bonds. The number of allylic oxidation sites excluding steroid dienone is 1. The molecule has 2 fully saturated rings. The second-order valence-corrected chi connectivity index (χ2v) is 11.9. The van der Waals surface area contributed by atoms with Crippen LogP contribution in [0.5, 0.6) is 0 Å². The second kappa shape index (κ2) is 12.3. The van der Waals surface area contributed by atoms with Crippen LogP contribution in [0.25, 0.3) is 0 Å². The first-order chi connectivity index (χ1) is 17.0. The molecule has 0 aliphatic carbocycles. The van der Waals surface area contributed by atoms with Gasteiger partial charge < -0.3 is 24.4 Å². The first-order valence-electron chi connectivity index (χ1n) is 12.9. The maximum absolute atomic E-state index is 13.1. The average molecular weight is 524 g/mol. The first-order valence-corrected chi connectivity index (χ1v) is 13.7. The van der Waals surface area contributed by atoms with Gasteiger partial charge in [0, 0.05) is 36.7 Å². The third-order valence-electron chi connectivity index (χ3n) is 7.25. The van der Waals surface area contributed by atoms with Crippen molar-refractivity contribution in [1.29, 1.82) is 0 Å². The molecule has 2 saturated heterocycles. The van der Waals surface area contributed by atoms with Gasteiger partial charge in [0.25, 0.3) is 0 Å². The van der Waals surface area contributed by atoms with E-state index in [1.54, 1.807) is 19.3 Å². The van der Waals surface area contributed by atoms with Crippen molar-refractivity contribution in [2.24, 2.45) is 17.3 Å². The highest BCUT2D eigenvalue weighted by Crippen LogP contribution is 2.42. The molecule has 0 radical (unpaired) electrons. The molecule has 6 unspecified atom stereocenters. The molecule has 6 atom stereocenters. The smallest absolute Gasteiger partial charge is 0.306 e. The first kappa shape index (κ1) is 28.9. The van der Waals surface area contributed by atoms with Gasteiger partial charge in [-0.25, -0.2) is 4.98 Å². The van der Waals surface area contributed by atoms with Crippen molar-refractivity contribution in [3.8, 4) is 0 Å². The lowest BCUT2D eigenvalue weighted by Gasteiger charge is -2.28. The van der Waals surface area contributed by atoms with Crippen LogP contribution in [-0.4, -0.2) is 58.2 Å². The number of thiazole rings is 1. The molecule has 3 rings (SSSR count). The number of epoxide rings is 1. The Labute approximate surface area is 218 Å². The van der Waals surface area contributed by atoms with Crippen molar-refractivity contribution in [3.05, 3.63) is 28.2 Å². The van der Waals surface area contributed by atoms with Gasteiger partial charge >= 0.3 is 5.97 Å². The quantitative estimate of drug-likeness (QED) is 0.338. The van der Waals surface area contributed by atoms with Crippen molar-refractivity contribution in [1.82, 2.24) is 4.98 Å². The van der Waals surface area contributed by atoms with Gasteiger partial charge in [-0.05, 0) is 31.3 Å². The van der Waals surface area contributed by atoms with Crippen molar-refractivity contribution in [3.63, 3.8) is 0 Å². The minimum Gasteiger partial charge on any atom is -0.455 e. The van der Waals surface area contributed by atoms with Gasteiger partial charge in [-0.3, -0.25) is 9.59 Å². The standard InChI is InChI=1S/C27H41NO7S/c1-17-8-6-11-21-27(32,35-21)25(31)20(10-7-9-19-16-36-22(28-19)15-33-5)34-23(29)12-13-26(3,4)24(30)18(2)14-17/h7,10,16-18,20-21,25,31-32H,6,8-9,11-15H2,1-5H3. The SMILES string of the molecule is COCc1nc(CC=CC2OC(=O)CCC(C)(C)C(=O)C(C)CC(C)CCCC3OC3(O)C2O)cs1. The highest BCUT2D eigenvalue weighted by molar-refractivity contribution is 7.09. The fourth-order valence-electron chi connectivity index (χ4n) is 5.02. The van der Waals surface area contributed by atoms with Crippen LogP contribution in [0.2, 0.25) is 0 Å². The molecular weight excluding hydrogens is 482 g/mol. The normalized spacial score (nSPS) is 34.4. The zero-order valence-corrected chi connectivity index (χ0v) is 22.9. The molecular formula is C27H41NO7S. The van der Waals surface area contributed by atoms with Gasteiger partial charge in [-0.1, -0.05) is 46.6 Å². The summed E-state index contributed by atoms with van der Waals surface area (Å²) in [5.41, 5.74) is 0.173. The number of methoxy groups -OCH3 is 1. The van der Waals surface area contributed by atoms with E-state index in [2.05, 4.69) is 11.9 Å². The molecule has 202 valence electrons. The number of ketones is 1. The number of aromatic nitrogens is 1. The van der Waals surface area contributed by atoms with E-state index in [9.17, 15) is 19.8 Å². The second-order valence-electron chi connectivity index (χ2n) is 11.0. The van der Waals surface area contributed by atoms with Crippen LogP contribution in [0.1, 0.15) is 76.9 Å². The predicted octanol–water partition coefficient (Wildman–Crippen LogP) is 3.97. The van der Waals surface area contributed by atoms with Gasteiger partial charge in [-0.15, -0.1) is 11.3 Å². The summed E-state index contributed by atoms with van der Waals surface area (Å²) < 4.78 is 16.2. The van der Waals surface area contributed by atoms with Gasteiger partial charge in [0.15, 0.2) is 12.2 Å². The third-order valence-corrected chi connectivity index (χ3v) is 8.12. The zero-order valence-electron chi connectivity index (χ0n) is 22.1. The molecule has 0 bridgehead atoms. The summed E-state index contributed by atoms with van der Waals surface area (Å²) in [6.45, 7) is 8.28. The van der Waals surface area contributed by atoms with Gasteiger partial charge in [0.2, 0.25) is 5.79 Å². The Bertz CT molecular complexity index is 929. The molecule has 2 aliphatic heterocycles. The fraction of sp³-hybridized carbons (Fsp3) is 0.741. The van der Waals surface area contributed by atoms with E-state index >= 15 is 0 Å². The van der Waals surface area contributed by atoms with Crippen LogP contribution in [0.4, 0.5) is 0 Å². The van der Waals surface area contributed by atoms with E-state index in [0.29, 0.717) is 31.8 Å². The number of hydrogen-bond donors (Lipinski definition) is 2. The molecule has 3 heterocycles. The number of carbonyl (C=O) groups excluding carboxylic acids is 2. The Hall–Kier alpha value is -1.65. The summed E-state index contributed by atoms with van der Waals surface area (Å²) in [5.74, 6) is -1.87. The summed E-state index contributed by atoms with van der Waals surface area (Å²) >= 11 is 1.50. The largest absolute Gasteiger partial charge is 0.455 e. The lowest BCUT2D eigenvalue weighted by molar-refractivity contribution is -0.163. The number of esters is 1. The predicted molar refractivity (Wildman–Crippen MR) is 136 cm³/mol. The lowest BCUT2D eigenvalue weighted by atomic mass is 9.75. The third kappa shape index (κ3) is 7.44. The van der Waals surface area contributed by atoms with Crippen LogP contribution in [-0.2, 0) is 36.8 Å². The summed E-state index contributed by atoms with van der Waals surface area (Å²) in [6.07, 6.45) is 4.24. The summed E-state index contributed by atoms with van der Waals surface area (Å²) in [5, 5.41) is 24.7. The summed E-state index contributed by atoms with van der Waals surface area (Å²) in [4.78, 5) is 30.3. The molecule has 9 heteroatoms. The van der Waals surface area contributed by atoms with E-state index in [4.69, 9.17) is 14.2 Å². The molecule has 8 nitrogen and oxygen atoms in total. The number of Topliss-reactive ketones (excluding diaryl/α,β-unsaturated/α-hetero) is 1. The molecule has 0 aromatic carbocycles. The minimum absolute atomic E-state index is 0.0350.